The van der Waals surface area contributed by atoms with Crippen molar-refractivity contribution in [3.63, 3.8) is 0 Å². The van der Waals surface area contributed by atoms with Crippen molar-refractivity contribution in [3.8, 4) is 11.8 Å². The number of nitrogens with one attached hydrogen (secondary N) is 1. The Morgan fingerprint density at radius 2 is 1.97 bits per heavy atom. The van der Waals surface area contributed by atoms with Gasteiger partial charge in [-0.25, -0.2) is 4.39 Å². The number of halogens is 1. The van der Waals surface area contributed by atoms with Crippen molar-refractivity contribution < 1.29 is 18.3 Å². The highest BCUT2D eigenvalue weighted by Crippen LogP contribution is 2.24. The van der Waals surface area contributed by atoms with E-state index in [9.17, 15) is 14.4 Å². The lowest BCUT2D eigenvalue weighted by atomic mass is 10.1. The summed E-state index contributed by atoms with van der Waals surface area (Å²) in [5.41, 5.74) is 1.71. The molecule has 32 heavy (non-hydrogen) atoms. The number of benzene rings is 2. The van der Waals surface area contributed by atoms with E-state index in [2.05, 4.69) is 5.32 Å². The van der Waals surface area contributed by atoms with Crippen LogP contribution in [0.1, 0.15) is 11.3 Å². The summed E-state index contributed by atoms with van der Waals surface area (Å²) in [6, 6.07) is 19.1. The van der Waals surface area contributed by atoms with Gasteiger partial charge in [0.2, 0.25) is 0 Å². The number of nitrogens with zero attached hydrogens (tertiary/aromatic N) is 2. The summed E-state index contributed by atoms with van der Waals surface area (Å²) in [6.07, 6.45) is 4.99. The Morgan fingerprint density at radius 3 is 2.72 bits per heavy atom. The van der Waals surface area contributed by atoms with Crippen LogP contribution in [0.2, 0.25) is 0 Å². The van der Waals surface area contributed by atoms with Gasteiger partial charge in [0, 0.05) is 22.7 Å². The van der Waals surface area contributed by atoms with Gasteiger partial charge >= 0.3 is 0 Å². The lowest BCUT2D eigenvalue weighted by Gasteiger charge is -2.08. The molecular formula is C25H20FN3O3. The van der Waals surface area contributed by atoms with Gasteiger partial charge in [-0.1, -0.05) is 18.2 Å². The van der Waals surface area contributed by atoms with Gasteiger partial charge in [-0.15, -0.1) is 0 Å². The zero-order chi connectivity index (χ0) is 22.3. The molecule has 4 aromatic rings. The van der Waals surface area contributed by atoms with Crippen molar-refractivity contribution in [2.75, 3.05) is 6.61 Å². The standard InChI is InChI=1S/C25H20FN3O3/c26-20-7-9-21(10-8-20)32-13-11-29-17-19(23-5-1-2-6-24(23)29)14-18(15-27)25(30)28-16-22-4-3-12-31-22/h1-10,12,14,17H,11,13,16H2,(H,28,30). The van der Waals surface area contributed by atoms with Crippen LogP contribution in [0.5, 0.6) is 5.75 Å². The van der Waals surface area contributed by atoms with Crippen LogP contribution >= 0.6 is 0 Å². The number of hydrogen-bond acceptors (Lipinski definition) is 4. The number of rotatable bonds is 8. The van der Waals surface area contributed by atoms with Crippen molar-refractivity contribution >= 4 is 22.9 Å². The summed E-state index contributed by atoms with van der Waals surface area (Å²) in [7, 11) is 0. The Hall–Kier alpha value is -4.31. The Morgan fingerprint density at radius 1 is 1.16 bits per heavy atom. The predicted molar refractivity (Wildman–Crippen MR) is 118 cm³/mol. The number of fused-ring (bicyclic) bond motifs is 1. The minimum absolute atomic E-state index is 0.00187. The molecule has 2 aromatic carbocycles. The Kier molecular flexibility index (Phi) is 6.33. The first kappa shape index (κ1) is 20.9. The highest BCUT2D eigenvalue weighted by molar-refractivity contribution is 6.04. The number of nitriles is 1. The molecule has 0 saturated heterocycles. The summed E-state index contributed by atoms with van der Waals surface area (Å²) in [6.45, 7) is 1.12. The molecular weight excluding hydrogens is 409 g/mol. The molecule has 0 aliphatic carbocycles. The molecule has 0 atom stereocenters. The van der Waals surface area contributed by atoms with E-state index in [-0.39, 0.29) is 17.9 Å². The van der Waals surface area contributed by atoms with Crippen LogP contribution < -0.4 is 10.1 Å². The molecule has 0 saturated carbocycles. The summed E-state index contributed by atoms with van der Waals surface area (Å²) >= 11 is 0. The summed E-state index contributed by atoms with van der Waals surface area (Å²) in [5.74, 6) is 0.406. The second kappa shape index (κ2) is 9.67. The van der Waals surface area contributed by atoms with Crippen LogP contribution in [0.3, 0.4) is 0 Å². The van der Waals surface area contributed by atoms with Gasteiger partial charge in [0.25, 0.3) is 5.91 Å². The van der Waals surface area contributed by atoms with E-state index in [0.717, 1.165) is 16.5 Å². The molecule has 160 valence electrons. The molecule has 2 heterocycles. The largest absolute Gasteiger partial charge is 0.492 e. The number of amides is 1. The van der Waals surface area contributed by atoms with E-state index in [1.54, 1.807) is 30.3 Å². The predicted octanol–water partition coefficient (Wildman–Crippen LogP) is 4.68. The van der Waals surface area contributed by atoms with E-state index < -0.39 is 5.91 Å². The number of aromatic nitrogens is 1. The molecule has 0 unspecified atom stereocenters. The minimum Gasteiger partial charge on any atom is -0.492 e. The molecule has 1 amide bonds. The highest BCUT2D eigenvalue weighted by atomic mass is 19.1. The van der Waals surface area contributed by atoms with Gasteiger partial charge in [0.05, 0.1) is 19.4 Å². The molecule has 0 spiro atoms. The first-order valence-electron chi connectivity index (χ1n) is 10.0. The molecule has 0 fully saturated rings. The molecule has 0 bridgehead atoms. The van der Waals surface area contributed by atoms with Gasteiger partial charge in [0.15, 0.2) is 0 Å². The third kappa shape index (κ3) is 4.87. The Labute approximate surface area is 184 Å². The average Bonchev–Trinajstić information content (AvgIpc) is 3.45. The number of carbonyl (C=O) groups is 1. The fourth-order valence-electron chi connectivity index (χ4n) is 3.35. The lowest BCUT2D eigenvalue weighted by Crippen LogP contribution is -2.23. The van der Waals surface area contributed by atoms with Crippen LogP contribution in [0.25, 0.3) is 17.0 Å². The van der Waals surface area contributed by atoms with Crippen LogP contribution in [0.15, 0.2) is 83.1 Å². The second-order valence-corrected chi connectivity index (χ2v) is 7.03. The van der Waals surface area contributed by atoms with Gasteiger partial charge in [-0.2, -0.15) is 5.26 Å². The third-order valence-corrected chi connectivity index (χ3v) is 4.90. The van der Waals surface area contributed by atoms with E-state index >= 15 is 0 Å². The first-order valence-corrected chi connectivity index (χ1v) is 10.0. The van der Waals surface area contributed by atoms with E-state index in [4.69, 9.17) is 9.15 Å². The third-order valence-electron chi connectivity index (χ3n) is 4.90. The maximum atomic E-state index is 13.0. The van der Waals surface area contributed by atoms with E-state index in [0.29, 0.717) is 24.7 Å². The molecule has 0 aliphatic heterocycles. The summed E-state index contributed by atoms with van der Waals surface area (Å²) in [5, 5.41) is 13.1. The molecule has 6 nitrogen and oxygen atoms in total. The number of furan rings is 1. The molecule has 7 heteroatoms. The normalized spacial score (nSPS) is 11.3. The van der Waals surface area contributed by atoms with Gasteiger partial charge in [-0.05, 0) is 48.5 Å². The quantitative estimate of drug-likeness (QED) is 0.326. The van der Waals surface area contributed by atoms with E-state index in [1.165, 1.54) is 18.4 Å². The fourth-order valence-corrected chi connectivity index (χ4v) is 3.35. The zero-order valence-electron chi connectivity index (χ0n) is 17.1. The second-order valence-electron chi connectivity index (χ2n) is 7.03. The Balaban J connectivity index is 1.51. The maximum Gasteiger partial charge on any atom is 0.262 e. The summed E-state index contributed by atoms with van der Waals surface area (Å²) in [4.78, 5) is 12.5. The van der Waals surface area contributed by atoms with Gasteiger partial charge in [-0.3, -0.25) is 4.79 Å². The fraction of sp³-hybridized carbons (Fsp3) is 0.120. The number of ether oxygens (including phenoxy) is 1. The van der Waals surface area contributed by atoms with Crippen LogP contribution in [0, 0.1) is 17.1 Å². The van der Waals surface area contributed by atoms with Crippen molar-refractivity contribution in [3.05, 3.63) is 95.8 Å². The highest BCUT2D eigenvalue weighted by Gasteiger charge is 2.13. The van der Waals surface area contributed by atoms with Gasteiger partial charge < -0.3 is 19.0 Å². The molecule has 4 rings (SSSR count). The van der Waals surface area contributed by atoms with Gasteiger partial charge in [0.1, 0.15) is 35.6 Å². The molecule has 0 aliphatic rings. The monoisotopic (exact) mass is 429 g/mol. The van der Waals surface area contributed by atoms with E-state index in [1.807, 2.05) is 41.1 Å². The molecule has 1 N–H and O–H groups in total. The number of para-hydroxylation sites is 1. The SMILES string of the molecule is N#CC(=Cc1cn(CCOc2ccc(F)cc2)c2ccccc12)C(=O)NCc1ccco1. The summed E-state index contributed by atoms with van der Waals surface area (Å²) < 4.78 is 25.9. The molecule has 2 aromatic heterocycles. The van der Waals surface area contributed by atoms with Crippen molar-refractivity contribution in [1.29, 1.82) is 5.26 Å². The van der Waals surface area contributed by atoms with Crippen LogP contribution in [-0.4, -0.2) is 17.1 Å². The van der Waals surface area contributed by atoms with Crippen LogP contribution in [-0.2, 0) is 17.9 Å². The van der Waals surface area contributed by atoms with Crippen LogP contribution in [0.4, 0.5) is 4.39 Å². The van der Waals surface area contributed by atoms with Crippen molar-refractivity contribution in [1.82, 2.24) is 9.88 Å². The van der Waals surface area contributed by atoms with Crippen molar-refractivity contribution in [2.45, 2.75) is 13.1 Å². The maximum absolute atomic E-state index is 13.0. The minimum atomic E-state index is -0.472. The number of carbonyl (C=O) groups excluding carboxylic acids is 1. The lowest BCUT2D eigenvalue weighted by molar-refractivity contribution is -0.117. The smallest absolute Gasteiger partial charge is 0.262 e. The topological polar surface area (TPSA) is 80.2 Å². The van der Waals surface area contributed by atoms with Crippen molar-refractivity contribution in [2.24, 2.45) is 0 Å². The zero-order valence-corrected chi connectivity index (χ0v) is 17.1. The number of hydrogen-bond donors (Lipinski definition) is 1. The average molecular weight is 429 g/mol. The first-order chi connectivity index (χ1) is 15.6. The Bertz CT molecular complexity index is 1280. The molecule has 0 radical (unpaired) electrons.